The molecule has 0 aliphatic rings. The standard InChI is InChI=1S/C27H39NO2/c1-3-5-7-9-11-13-22-15-20-26(28-21-22)24-18-16-23(17-19-24)25(27(29)30)14-12-10-8-6-4-2/h15-21,25H,3-14H2,1-2H3,(H,29,30). The number of aromatic nitrogens is 1. The predicted octanol–water partition coefficient (Wildman–Crippen LogP) is 7.79. The van der Waals surface area contributed by atoms with Gasteiger partial charge in [0.1, 0.15) is 0 Å². The van der Waals surface area contributed by atoms with Crippen molar-refractivity contribution in [1.29, 1.82) is 0 Å². The van der Waals surface area contributed by atoms with E-state index in [2.05, 4.69) is 31.0 Å². The first kappa shape index (κ1) is 24.1. The maximum Gasteiger partial charge on any atom is 0.310 e. The number of carboxylic acids is 1. The van der Waals surface area contributed by atoms with Gasteiger partial charge in [0.05, 0.1) is 11.6 Å². The summed E-state index contributed by atoms with van der Waals surface area (Å²) < 4.78 is 0. The fourth-order valence-corrected chi connectivity index (χ4v) is 3.95. The Morgan fingerprint density at radius 2 is 1.47 bits per heavy atom. The molecule has 3 heteroatoms. The lowest BCUT2D eigenvalue weighted by Gasteiger charge is -2.13. The van der Waals surface area contributed by atoms with Gasteiger partial charge >= 0.3 is 5.97 Å². The highest BCUT2D eigenvalue weighted by molar-refractivity contribution is 5.76. The summed E-state index contributed by atoms with van der Waals surface area (Å²) in [6, 6.07) is 12.2. The molecule has 0 saturated heterocycles. The van der Waals surface area contributed by atoms with Crippen LogP contribution in [0, 0.1) is 0 Å². The molecule has 0 fully saturated rings. The minimum absolute atomic E-state index is 0.413. The summed E-state index contributed by atoms with van der Waals surface area (Å²) in [6.07, 6.45) is 16.0. The summed E-state index contributed by atoms with van der Waals surface area (Å²) >= 11 is 0. The Hall–Kier alpha value is -2.16. The molecule has 0 amide bonds. The molecule has 0 aliphatic carbocycles. The molecule has 1 heterocycles. The first-order chi connectivity index (χ1) is 14.7. The predicted molar refractivity (Wildman–Crippen MR) is 126 cm³/mol. The Kier molecular flexibility index (Phi) is 11.2. The molecule has 2 aromatic rings. The van der Waals surface area contributed by atoms with Crippen LogP contribution in [0.5, 0.6) is 0 Å². The van der Waals surface area contributed by atoms with E-state index in [9.17, 15) is 9.90 Å². The van der Waals surface area contributed by atoms with Crippen LogP contribution in [0.1, 0.15) is 102 Å². The number of aryl methyl sites for hydroxylation is 1. The van der Waals surface area contributed by atoms with Crippen LogP contribution >= 0.6 is 0 Å². The zero-order valence-corrected chi connectivity index (χ0v) is 18.9. The van der Waals surface area contributed by atoms with E-state index in [-0.39, 0.29) is 0 Å². The van der Waals surface area contributed by atoms with Gasteiger partial charge < -0.3 is 5.11 Å². The number of pyridine rings is 1. The van der Waals surface area contributed by atoms with E-state index >= 15 is 0 Å². The van der Waals surface area contributed by atoms with Crippen molar-refractivity contribution < 1.29 is 9.90 Å². The molecule has 1 N–H and O–H groups in total. The monoisotopic (exact) mass is 409 g/mol. The summed E-state index contributed by atoms with van der Waals surface area (Å²) in [5.41, 5.74) is 4.18. The van der Waals surface area contributed by atoms with Crippen molar-refractivity contribution in [2.24, 2.45) is 0 Å². The minimum Gasteiger partial charge on any atom is -0.481 e. The smallest absolute Gasteiger partial charge is 0.310 e. The number of carbonyl (C=O) groups is 1. The SMILES string of the molecule is CCCCCCCc1ccc(-c2ccc(C(CCCCCCC)C(=O)O)cc2)nc1. The van der Waals surface area contributed by atoms with Crippen LogP contribution in [0.3, 0.4) is 0 Å². The molecular weight excluding hydrogens is 370 g/mol. The van der Waals surface area contributed by atoms with E-state index < -0.39 is 11.9 Å². The van der Waals surface area contributed by atoms with E-state index in [0.29, 0.717) is 6.42 Å². The van der Waals surface area contributed by atoms with Gasteiger partial charge in [-0.25, -0.2) is 0 Å². The zero-order valence-electron chi connectivity index (χ0n) is 18.9. The summed E-state index contributed by atoms with van der Waals surface area (Å²) in [7, 11) is 0. The third-order valence-corrected chi connectivity index (χ3v) is 5.90. The molecule has 2 rings (SSSR count). The number of unbranched alkanes of at least 4 members (excludes halogenated alkanes) is 8. The number of carboxylic acid groups (broad SMARTS) is 1. The Bertz CT molecular complexity index is 722. The molecule has 0 aliphatic heterocycles. The summed E-state index contributed by atoms with van der Waals surface area (Å²) in [5.74, 6) is -1.14. The summed E-state index contributed by atoms with van der Waals surface area (Å²) in [4.78, 5) is 16.4. The fraction of sp³-hybridized carbons (Fsp3) is 0.556. The highest BCUT2D eigenvalue weighted by Crippen LogP contribution is 2.26. The molecule has 0 radical (unpaired) electrons. The Balaban J connectivity index is 1.91. The van der Waals surface area contributed by atoms with Crippen molar-refractivity contribution in [2.45, 2.75) is 96.8 Å². The van der Waals surface area contributed by atoms with Crippen LogP contribution < -0.4 is 0 Å². The average molecular weight is 410 g/mol. The number of benzene rings is 1. The third kappa shape index (κ3) is 8.30. The van der Waals surface area contributed by atoms with Gasteiger partial charge in [-0.1, -0.05) is 102 Å². The van der Waals surface area contributed by atoms with E-state index in [4.69, 9.17) is 0 Å². The Morgan fingerprint density at radius 3 is 2.03 bits per heavy atom. The van der Waals surface area contributed by atoms with Crippen molar-refractivity contribution >= 4 is 5.97 Å². The molecule has 3 nitrogen and oxygen atoms in total. The van der Waals surface area contributed by atoms with E-state index in [1.807, 2.05) is 30.5 Å². The van der Waals surface area contributed by atoms with Gasteiger partial charge in [-0.15, -0.1) is 0 Å². The van der Waals surface area contributed by atoms with Crippen molar-refractivity contribution in [2.75, 3.05) is 0 Å². The second kappa shape index (κ2) is 14.0. The van der Waals surface area contributed by atoms with E-state index in [1.165, 1.54) is 56.9 Å². The average Bonchev–Trinajstić information content (AvgIpc) is 2.76. The molecule has 164 valence electrons. The highest BCUT2D eigenvalue weighted by atomic mass is 16.4. The van der Waals surface area contributed by atoms with Gasteiger partial charge in [-0.2, -0.15) is 0 Å². The van der Waals surface area contributed by atoms with Gasteiger partial charge in [-0.05, 0) is 36.5 Å². The van der Waals surface area contributed by atoms with Crippen LogP contribution in [0.4, 0.5) is 0 Å². The quantitative estimate of drug-likeness (QED) is 0.305. The number of hydrogen-bond donors (Lipinski definition) is 1. The number of rotatable bonds is 15. The lowest BCUT2D eigenvalue weighted by molar-refractivity contribution is -0.139. The third-order valence-electron chi connectivity index (χ3n) is 5.90. The summed E-state index contributed by atoms with van der Waals surface area (Å²) in [5, 5.41) is 9.65. The Morgan fingerprint density at radius 1 is 0.833 bits per heavy atom. The van der Waals surface area contributed by atoms with Gasteiger partial charge in [-0.3, -0.25) is 9.78 Å². The molecule has 0 bridgehead atoms. The van der Waals surface area contributed by atoms with Crippen LogP contribution in [0.25, 0.3) is 11.3 Å². The topological polar surface area (TPSA) is 50.2 Å². The molecule has 1 unspecified atom stereocenters. The van der Waals surface area contributed by atoms with Crippen LogP contribution in [-0.2, 0) is 11.2 Å². The lowest BCUT2D eigenvalue weighted by Crippen LogP contribution is -2.11. The highest BCUT2D eigenvalue weighted by Gasteiger charge is 2.19. The fourth-order valence-electron chi connectivity index (χ4n) is 3.95. The van der Waals surface area contributed by atoms with Gasteiger partial charge in [0.25, 0.3) is 0 Å². The molecule has 1 aromatic heterocycles. The second-order valence-corrected chi connectivity index (χ2v) is 8.43. The van der Waals surface area contributed by atoms with E-state index in [0.717, 1.165) is 36.1 Å². The minimum atomic E-state index is -0.723. The molecule has 0 saturated carbocycles. The van der Waals surface area contributed by atoms with Crippen molar-refractivity contribution in [3.63, 3.8) is 0 Å². The maximum absolute atomic E-state index is 11.7. The molecule has 1 atom stereocenters. The van der Waals surface area contributed by atoms with Crippen LogP contribution in [0.2, 0.25) is 0 Å². The normalized spacial score (nSPS) is 12.1. The van der Waals surface area contributed by atoms with E-state index in [1.54, 1.807) is 0 Å². The van der Waals surface area contributed by atoms with Gasteiger partial charge in [0, 0.05) is 11.8 Å². The first-order valence-corrected chi connectivity index (χ1v) is 11.9. The zero-order chi connectivity index (χ0) is 21.6. The number of aliphatic carboxylic acids is 1. The summed E-state index contributed by atoms with van der Waals surface area (Å²) in [6.45, 7) is 4.43. The van der Waals surface area contributed by atoms with Crippen molar-refractivity contribution in [3.8, 4) is 11.3 Å². The Labute approximate surface area is 183 Å². The molecule has 0 spiro atoms. The lowest BCUT2D eigenvalue weighted by atomic mass is 9.92. The molecular formula is C27H39NO2. The number of nitrogens with zero attached hydrogens (tertiary/aromatic N) is 1. The maximum atomic E-state index is 11.7. The molecule has 30 heavy (non-hydrogen) atoms. The van der Waals surface area contributed by atoms with Crippen molar-refractivity contribution in [3.05, 3.63) is 53.7 Å². The number of hydrogen-bond acceptors (Lipinski definition) is 2. The largest absolute Gasteiger partial charge is 0.481 e. The molecule has 1 aromatic carbocycles. The second-order valence-electron chi connectivity index (χ2n) is 8.43. The van der Waals surface area contributed by atoms with Crippen molar-refractivity contribution in [1.82, 2.24) is 4.98 Å². The van der Waals surface area contributed by atoms with Gasteiger partial charge in [0.15, 0.2) is 0 Å². The van der Waals surface area contributed by atoms with Crippen LogP contribution in [-0.4, -0.2) is 16.1 Å². The van der Waals surface area contributed by atoms with Gasteiger partial charge in [0.2, 0.25) is 0 Å². The van der Waals surface area contributed by atoms with Crippen LogP contribution in [0.15, 0.2) is 42.6 Å². The first-order valence-electron chi connectivity index (χ1n) is 11.9.